The number of amides is 3. The first kappa shape index (κ1) is 24.1. The van der Waals surface area contributed by atoms with Crippen LogP contribution < -0.4 is 5.32 Å². The highest BCUT2D eigenvalue weighted by Gasteiger charge is 2.45. The zero-order valence-corrected chi connectivity index (χ0v) is 18.6. The van der Waals surface area contributed by atoms with Crippen LogP contribution in [-0.4, -0.2) is 59.0 Å². The Hall–Kier alpha value is -2.22. The fraction of sp³-hybridized carbons (Fsp3) is 0.682. The maximum absolute atomic E-state index is 13.8. The number of carbonyl (C=O) groups excluding carboxylic acids is 2. The topological polar surface area (TPSA) is 90.0 Å². The molecule has 0 aliphatic carbocycles. The number of imide groups is 1. The number of piperidine rings is 1. The third kappa shape index (κ3) is 5.68. The fourth-order valence-corrected chi connectivity index (χ4v) is 3.91. The first-order chi connectivity index (χ1) is 13.9. The minimum Gasteiger partial charge on any atom is -0.481 e. The number of likely N-dealkylation sites (tertiary alicyclic amines) is 2. The lowest BCUT2D eigenvalue weighted by Gasteiger charge is -2.35. The molecular weight excluding hydrogens is 389 g/mol. The minimum absolute atomic E-state index is 0.253. The summed E-state index contributed by atoms with van der Waals surface area (Å²) in [5, 5.41) is 12.1. The molecule has 0 aromatic carbocycles. The fourth-order valence-electron chi connectivity index (χ4n) is 3.91. The van der Waals surface area contributed by atoms with Crippen LogP contribution in [0.1, 0.15) is 53.9 Å². The molecule has 30 heavy (non-hydrogen) atoms. The van der Waals surface area contributed by atoms with Crippen LogP contribution in [0.5, 0.6) is 0 Å². The van der Waals surface area contributed by atoms with Gasteiger partial charge in [0.1, 0.15) is 5.83 Å². The molecule has 2 heterocycles. The molecule has 0 saturated carbocycles. The summed E-state index contributed by atoms with van der Waals surface area (Å²) >= 11 is 0. The quantitative estimate of drug-likeness (QED) is 0.682. The maximum atomic E-state index is 13.8. The molecule has 2 N–H and O–H groups in total. The predicted molar refractivity (Wildman–Crippen MR) is 112 cm³/mol. The monoisotopic (exact) mass is 423 g/mol. The second-order valence-corrected chi connectivity index (χ2v) is 9.61. The third-order valence-electron chi connectivity index (χ3n) is 5.92. The molecule has 2 aliphatic rings. The van der Waals surface area contributed by atoms with E-state index in [1.807, 2.05) is 0 Å². The number of carboxylic acids is 1. The van der Waals surface area contributed by atoms with Crippen molar-refractivity contribution in [1.29, 1.82) is 0 Å². The second kappa shape index (κ2) is 9.29. The van der Waals surface area contributed by atoms with Gasteiger partial charge in [-0.1, -0.05) is 19.9 Å². The van der Waals surface area contributed by atoms with Crippen LogP contribution in [0.3, 0.4) is 0 Å². The summed E-state index contributed by atoms with van der Waals surface area (Å²) in [7, 11) is 0. The molecule has 2 saturated heterocycles. The van der Waals surface area contributed by atoms with Gasteiger partial charge in [-0.2, -0.15) is 0 Å². The minimum atomic E-state index is -0.812. The number of carbonyl (C=O) groups is 3. The molecule has 2 aliphatic heterocycles. The first-order valence-corrected chi connectivity index (χ1v) is 10.5. The number of allylic oxidation sites excluding steroid dienone is 4. The van der Waals surface area contributed by atoms with Gasteiger partial charge in [-0.05, 0) is 58.7 Å². The molecule has 0 bridgehead atoms. The Balaban J connectivity index is 1.92. The molecule has 0 radical (unpaired) electrons. The van der Waals surface area contributed by atoms with Gasteiger partial charge in [-0.25, -0.2) is 14.1 Å². The summed E-state index contributed by atoms with van der Waals surface area (Å²) in [6.45, 7) is 11.0. The average Bonchev–Trinajstić information content (AvgIpc) is 2.88. The lowest BCUT2D eigenvalue weighted by Crippen LogP contribution is -2.47. The van der Waals surface area contributed by atoms with E-state index in [1.54, 1.807) is 34.6 Å². The SMILES string of the molecule is C/C=C(F)\C=C1/CC(C)(C)C(=O)N1C(=O)NCC1CCN(CC(C)(C)C(=O)O)CC1. The molecule has 0 aromatic rings. The number of halogens is 1. The number of aliphatic carboxylic acids is 1. The molecule has 0 aromatic heterocycles. The van der Waals surface area contributed by atoms with Crippen molar-refractivity contribution in [2.45, 2.75) is 53.9 Å². The Labute approximate surface area is 178 Å². The molecule has 7 nitrogen and oxygen atoms in total. The number of hydrogen-bond donors (Lipinski definition) is 2. The Morgan fingerprint density at radius 2 is 1.90 bits per heavy atom. The van der Waals surface area contributed by atoms with E-state index in [-0.39, 0.29) is 11.8 Å². The number of hydrogen-bond acceptors (Lipinski definition) is 4. The van der Waals surface area contributed by atoms with Gasteiger partial charge >= 0.3 is 12.0 Å². The van der Waals surface area contributed by atoms with Crippen molar-refractivity contribution in [3.8, 4) is 0 Å². The number of urea groups is 1. The van der Waals surface area contributed by atoms with E-state index >= 15 is 0 Å². The lowest BCUT2D eigenvalue weighted by molar-refractivity contribution is -0.148. The van der Waals surface area contributed by atoms with Gasteiger partial charge in [0.05, 0.1) is 10.8 Å². The van der Waals surface area contributed by atoms with E-state index in [0.29, 0.717) is 25.2 Å². The molecule has 2 fully saturated rings. The summed E-state index contributed by atoms with van der Waals surface area (Å²) in [6, 6.07) is -0.518. The highest BCUT2D eigenvalue weighted by atomic mass is 19.1. The standard InChI is InChI=1S/C22H34FN3O4/c1-6-16(23)11-17-12-21(2,3)18(27)26(17)20(30)24-13-15-7-9-25(10-8-15)14-22(4,5)19(28)29/h6,11,15H,7-10,12-14H2,1-5H3,(H,24,30)(H,28,29)/b16-6+,17-11+. The van der Waals surface area contributed by atoms with Crippen LogP contribution >= 0.6 is 0 Å². The number of nitrogens with one attached hydrogen (secondary N) is 1. The van der Waals surface area contributed by atoms with Crippen molar-refractivity contribution < 1.29 is 23.9 Å². The first-order valence-electron chi connectivity index (χ1n) is 10.5. The smallest absolute Gasteiger partial charge is 0.328 e. The molecule has 3 amide bonds. The van der Waals surface area contributed by atoms with Crippen molar-refractivity contribution in [2.75, 3.05) is 26.2 Å². The van der Waals surface area contributed by atoms with Gasteiger partial charge in [0.25, 0.3) is 0 Å². The Morgan fingerprint density at radius 3 is 2.43 bits per heavy atom. The van der Waals surface area contributed by atoms with Crippen molar-refractivity contribution in [2.24, 2.45) is 16.7 Å². The summed E-state index contributed by atoms with van der Waals surface area (Å²) in [5.41, 5.74) is -1.18. The van der Waals surface area contributed by atoms with Gasteiger partial charge in [-0.15, -0.1) is 0 Å². The van der Waals surface area contributed by atoms with E-state index in [0.717, 1.165) is 30.8 Å². The second-order valence-electron chi connectivity index (χ2n) is 9.61. The highest BCUT2D eigenvalue weighted by molar-refractivity contribution is 6.01. The van der Waals surface area contributed by atoms with Crippen LogP contribution in [0.2, 0.25) is 0 Å². The Kier molecular flexibility index (Phi) is 7.45. The van der Waals surface area contributed by atoms with Crippen molar-refractivity contribution >= 4 is 17.9 Å². The lowest BCUT2D eigenvalue weighted by atomic mass is 9.90. The molecule has 0 unspecified atom stereocenters. The summed E-state index contributed by atoms with van der Waals surface area (Å²) in [5.74, 6) is -1.37. The zero-order valence-electron chi connectivity index (χ0n) is 18.6. The molecule has 0 atom stereocenters. The molecule has 2 rings (SSSR count). The van der Waals surface area contributed by atoms with Crippen LogP contribution in [-0.2, 0) is 9.59 Å². The largest absolute Gasteiger partial charge is 0.481 e. The zero-order chi connectivity index (χ0) is 22.7. The van der Waals surface area contributed by atoms with Gasteiger partial charge in [0, 0.05) is 25.2 Å². The number of rotatable bonds is 6. The highest BCUT2D eigenvalue weighted by Crippen LogP contribution is 2.38. The van der Waals surface area contributed by atoms with E-state index < -0.39 is 28.7 Å². The van der Waals surface area contributed by atoms with Crippen molar-refractivity contribution in [3.05, 3.63) is 23.7 Å². The summed E-state index contributed by atoms with van der Waals surface area (Å²) in [6.07, 6.45) is 4.52. The molecule has 8 heteroatoms. The normalized spacial score (nSPS) is 22.6. The van der Waals surface area contributed by atoms with Gasteiger partial charge in [0.2, 0.25) is 5.91 Å². The van der Waals surface area contributed by atoms with Crippen molar-refractivity contribution in [3.63, 3.8) is 0 Å². The van der Waals surface area contributed by atoms with E-state index in [9.17, 15) is 23.9 Å². The van der Waals surface area contributed by atoms with E-state index in [2.05, 4.69) is 10.2 Å². The van der Waals surface area contributed by atoms with Gasteiger partial charge < -0.3 is 15.3 Å². The van der Waals surface area contributed by atoms with Crippen LogP contribution in [0.25, 0.3) is 0 Å². The van der Waals surface area contributed by atoms with Crippen LogP contribution in [0.4, 0.5) is 9.18 Å². The number of nitrogens with zero attached hydrogens (tertiary/aromatic N) is 2. The van der Waals surface area contributed by atoms with E-state index in [1.165, 1.54) is 12.2 Å². The summed E-state index contributed by atoms with van der Waals surface area (Å²) in [4.78, 5) is 39.9. The number of carboxylic acid groups (broad SMARTS) is 1. The van der Waals surface area contributed by atoms with Crippen LogP contribution in [0, 0.1) is 16.7 Å². The molecular formula is C22H34FN3O4. The Bertz CT molecular complexity index is 749. The predicted octanol–water partition coefficient (Wildman–Crippen LogP) is 3.53. The molecule has 0 spiro atoms. The van der Waals surface area contributed by atoms with E-state index in [4.69, 9.17) is 0 Å². The van der Waals surface area contributed by atoms with Crippen molar-refractivity contribution in [1.82, 2.24) is 15.1 Å². The average molecular weight is 424 g/mol. The van der Waals surface area contributed by atoms with Gasteiger partial charge in [0.15, 0.2) is 0 Å². The molecule has 168 valence electrons. The van der Waals surface area contributed by atoms with Gasteiger partial charge in [-0.3, -0.25) is 9.59 Å². The van der Waals surface area contributed by atoms with Crippen LogP contribution in [0.15, 0.2) is 23.7 Å². The Morgan fingerprint density at radius 1 is 1.30 bits per heavy atom. The maximum Gasteiger partial charge on any atom is 0.328 e. The third-order valence-corrected chi connectivity index (χ3v) is 5.92. The summed E-state index contributed by atoms with van der Waals surface area (Å²) < 4.78 is 13.8.